The Morgan fingerprint density at radius 2 is 1.94 bits per heavy atom. The number of carbonyl (C=O) groups is 1. The topological polar surface area (TPSA) is 22.0 Å². The van der Waals surface area contributed by atoms with Crippen LogP contribution in [0.3, 0.4) is 0 Å². The number of Topliss-reactive ketones (excluding diaryl/α,β-unsaturated/α-hetero) is 1. The molecule has 0 amide bonds. The number of alkyl halides is 3. The van der Waals surface area contributed by atoms with Crippen molar-refractivity contribution < 1.29 is 18.0 Å². The lowest BCUT2D eigenvalue weighted by Crippen LogP contribution is -2.25. The van der Waals surface area contributed by atoms with E-state index in [1.165, 1.54) is 0 Å². The summed E-state index contributed by atoms with van der Waals surface area (Å²) in [6, 6.07) is 8.82. The van der Waals surface area contributed by atoms with Gasteiger partial charge in [-0.2, -0.15) is 13.2 Å². The van der Waals surface area contributed by atoms with E-state index >= 15 is 0 Å². The summed E-state index contributed by atoms with van der Waals surface area (Å²) in [6.07, 6.45) is -5.38. The first-order valence-corrected chi connectivity index (χ1v) is 5.03. The molecule has 17 heavy (non-hydrogen) atoms. The number of rotatable bonds is 2. The van der Waals surface area contributed by atoms with E-state index in [9.17, 15) is 18.0 Å². The van der Waals surface area contributed by atoms with Gasteiger partial charge < -0.3 is 4.57 Å². The number of aryl methyl sites for hydroxylation is 1. The number of fused-ring (bicyclic) bond motifs is 1. The molecule has 1 aromatic heterocycles. The predicted molar refractivity (Wildman–Crippen MR) is 57.7 cm³/mol. The second kappa shape index (κ2) is 3.91. The van der Waals surface area contributed by atoms with E-state index in [4.69, 9.17) is 0 Å². The Bertz CT molecular complexity index is 569. The molecule has 0 N–H and O–H groups in total. The van der Waals surface area contributed by atoms with E-state index in [0.29, 0.717) is 5.69 Å². The highest BCUT2D eigenvalue weighted by molar-refractivity contribution is 5.88. The van der Waals surface area contributed by atoms with Crippen molar-refractivity contribution in [3.63, 3.8) is 0 Å². The molecule has 0 fully saturated rings. The summed E-state index contributed by atoms with van der Waals surface area (Å²) in [4.78, 5) is 10.9. The van der Waals surface area contributed by atoms with Crippen LogP contribution in [0, 0.1) is 0 Å². The number of hydrogen-bond donors (Lipinski definition) is 0. The second-order valence-electron chi connectivity index (χ2n) is 3.85. The molecule has 0 saturated carbocycles. The fraction of sp³-hybridized carbons (Fsp3) is 0.250. The van der Waals surface area contributed by atoms with Crippen LogP contribution in [0.5, 0.6) is 0 Å². The smallest absolute Gasteiger partial charge is 0.347 e. The average Bonchev–Trinajstić information content (AvgIpc) is 2.55. The Morgan fingerprint density at radius 3 is 2.53 bits per heavy atom. The zero-order chi connectivity index (χ0) is 12.6. The average molecular weight is 241 g/mol. The van der Waals surface area contributed by atoms with E-state index in [0.717, 1.165) is 10.9 Å². The third-order valence-corrected chi connectivity index (χ3v) is 2.71. The van der Waals surface area contributed by atoms with Gasteiger partial charge in [0.05, 0.1) is 6.42 Å². The van der Waals surface area contributed by atoms with Crippen molar-refractivity contribution in [2.24, 2.45) is 7.05 Å². The number of benzene rings is 1. The number of halogens is 3. The zero-order valence-corrected chi connectivity index (χ0v) is 9.08. The molecule has 0 aliphatic rings. The van der Waals surface area contributed by atoms with E-state index in [1.54, 1.807) is 41.9 Å². The Hall–Kier alpha value is -1.78. The molecule has 0 bridgehead atoms. The van der Waals surface area contributed by atoms with E-state index in [-0.39, 0.29) is 0 Å². The van der Waals surface area contributed by atoms with Crippen LogP contribution in [0.15, 0.2) is 30.3 Å². The zero-order valence-electron chi connectivity index (χ0n) is 9.08. The van der Waals surface area contributed by atoms with Crippen molar-refractivity contribution in [2.75, 3.05) is 0 Å². The Kier molecular flexibility index (Phi) is 2.69. The number of nitrogens with zero attached hydrogens (tertiary/aromatic N) is 1. The standard InChI is InChI=1S/C12H10F3NO/c1-16-9(7-11(17)12(13,14)15)6-8-4-2-3-5-10(8)16/h2-6H,7H2,1H3. The van der Waals surface area contributed by atoms with Gasteiger partial charge in [0.25, 0.3) is 0 Å². The van der Waals surface area contributed by atoms with Crippen LogP contribution in [-0.2, 0) is 18.3 Å². The van der Waals surface area contributed by atoms with Gasteiger partial charge >= 0.3 is 6.18 Å². The summed E-state index contributed by atoms with van der Waals surface area (Å²) in [5, 5.41) is 0.833. The largest absolute Gasteiger partial charge is 0.450 e. The van der Waals surface area contributed by atoms with Crippen molar-refractivity contribution in [2.45, 2.75) is 12.6 Å². The van der Waals surface area contributed by atoms with Gasteiger partial charge in [0, 0.05) is 18.3 Å². The van der Waals surface area contributed by atoms with Gasteiger partial charge in [0.15, 0.2) is 0 Å². The molecule has 0 aliphatic carbocycles. The number of hydrogen-bond acceptors (Lipinski definition) is 1. The van der Waals surface area contributed by atoms with Crippen molar-refractivity contribution in [3.05, 3.63) is 36.0 Å². The maximum absolute atomic E-state index is 12.2. The van der Waals surface area contributed by atoms with E-state index < -0.39 is 18.4 Å². The second-order valence-corrected chi connectivity index (χ2v) is 3.85. The third kappa shape index (κ3) is 2.18. The fourth-order valence-corrected chi connectivity index (χ4v) is 1.78. The molecule has 0 unspecified atom stereocenters. The minimum atomic E-state index is -4.77. The fourth-order valence-electron chi connectivity index (χ4n) is 1.78. The molecular formula is C12H10F3NO. The molecule has 0 radical (unpaired) electrons. The van der Waals surface area contributed by atoms with Crippen molar-refractivity contribution in [1.82, 2.24) is 4.57 Å². The lowest BCUT2D eigenvalue weighted by Gasteiger charge is -2.06. The van der Waals surface area contributed by atoms with Crippen LogP contribution in [0.4, 0.5) is 13.2 Å². The summed E-state index contributed by atoms with van der Waals surface area (Å²) in [5.74, 6) is -1.72. The van der Waals surface area contributed by atoms with Crippen molar-refractivity contribution in [3.8, 4) is 0 Å². The van der Waals surface area contributed by atoms with Gasteiger partial charge in [-0.1, -0.05) is 18.2 Å². The number of carbonyl (C=O) groups excluding carboxylic acids is 1. The SMILES string of the molecule is Cn1c(CC(=O)C(F)(F)F)cc2ccccc21. The molecule has 2 rings (SSSR count). The quantitative estimate of drug-likeness (QED) is 0.792. The van der Waals surface area contributed by atoms with E-state index in [1.807, 2.05) is 0 Å². The lowest BCUT2D eigenvalue weighted by atomic mass is 10.2. The predicted octanol–water partition coefficient (Wildman–Crippen LogP) is 2.85. The van der Waals surface area contributed by atoms with Gasteiger partial charge in [0.1, 0.15) is 0 Å². The molecule has 2 nitrogen and oxygen atoms in total. The third-order valence-electron chi connectivity index (χ3n) is 2.71. The van der Waals surface area contributed by atoms with Gasteiger partial charge in [0.2, 0.25) is 5.78 Å². The maximum Gasteiger partial charge on any atom is 0.450 e. The molecule has 5 heteroatoms. The maximum atomic E-state index is 12.2. The summed E-state index contributed by atoms with van der Waals surface area (Å²) in [7, 11) is 1.65. The number of ketones is 1. The summed E-state index contributed by atoms with van der Waals surface area (Å²) in [6.45, 7) is 0. The minimum Gasteiger partial charge on any atom is -0.347 e. The normalized spacial score (nSPS) is 12.0. The van der Waals surface area contributed by atoms with Gasteiger partial charge in [-0.25, -0.2) is 0 Å². The van der Waals surface area contributed by atoms with Crippen LogP contribution in [0.2, 0.25) is 0 Å². The first kappa shape index (κ1) is 11.7. The highest BCUT2D eigenvalue weighted by Crippen LogP contribution is 2.22. The summed E-state index contributed by atoms with van der Waals surface area (Å²) >= 11 is 0. The van der Waals surface area contributed by atoms with Crippen LogP contribution in [0.1, 0.15) is 5.69 Å². The Labute approximate surface area is 95.7 Å². The molecule has 0 saturated heterocycles. The highest BCUT2D eigenvalue weighted by Gasteiger charge is 2.38. The van der Waals surface area contributed by atoms with Gasteiger partial charge in [-0.15, -0.1) is 0 Å². The molecule has 0 aliphatic heterocycles. The van der Waals surface area contributed by atoms with Crippen LogP contribution >= 0.6 is 0 Å². The first-order chi connectivity index (χ1) is 7.89. The monoisotopic (exact) mass is 241 g/mol. The molecule has 90 valence electrons. The lowest BCUT2D eigenvalue weighted by molar-refractivity contribution is -0.170. The highest BCUT2D eigenvalue weighted by atomic mass is 19.4. The summed E-state index contributed by atoms with van der Waals surface area (Å²) < 4.78 is 38.1. The Balaban J connectivity index is 2.37. The number of aromatic nitrogens is 1. The van der Waals surface area contributed by atoms with Crippen LogP contribution in [0.25, 0.3) is 10.9 Å². The van der Waals surface area contributed by atoms with Crippen LogP contribution < -0.4 is 0 Å². The molecule has 2 aromatic rings. The Morgan fingerprint density at radius 1 is 1.29 bits per heavy atom. The van der Waals surface area contributed by atoms with Crippen molar-refractivity contribution >= 4 is 16.7 Å². The van der Waals surface area contributed by atoms with Crippen LogP contribution in [-0.4, -0.2) is 16.5 Å². The number of para-hydroxylation sites is 1. The molecular weight excluding hydrogens is 231 g/mol. The summed E-state index contributed by atoms with van der Waals surface area (Å²) in [5.41, 5.74) is 1.19. The molecule has 0 spiro atoms. The van der Waals surface area contributed by atoms with Crippen molar-refractivity contribution in [1.29, 1.82) is 0 Å². The van der Waals surface area contributed by atoms with Gasteiger partial charge in [-0.3, -0.25) is 4.79 Å². The van der Waals surface area contributed by atoms with E-state index in [2.05, 4.69) is 0 Å². The first-order valence-electron chi connectivity index (χ1n) is 5.03. The molecule has 1 heterocycles. The molecule has 0 atom stereocenters. The molecule has 1 aromatic carbocycles. The van der Waals surface area contributed by atoms with Gasteiger partial charge in [-0.05, 0) is 17.5 Å². The minimum absolute atomic E-state index is 0.369.